The van der Waals surface area contributed by atoms with E-state index in [1.807, 2.05) is 31.1 Å². The number of ether oxygens (including phenoxy) is 1. The van der Waals surface area contributed by atoms with Gasteiger partial charge in [0.25, 0.3) is 0 Å². The molecule has 94 valence electrons. The second-order valence-corrected chi connectivity index (χ2v) is 4.69. The molecule has 1 saturated heterocycles. The van der Waals surface area contributed by atoms with Crippen LogP contribution in [0.25, 0.3) is 0 Å². The first-order valence-electron chi connectivity index (χ1n) is 5.95. The van der Waals surface area contributed by atoms with Crippen LogP contribution in [0.2, 0.25) is 0 Å². The molecule has 0 saturated carbocycles. The first-order valence-corrected chi connectivity index (χ1v) is 5.95. The SMILES string of the molecule is CN(C)Cc1cc(C2CNCCO2)ccc1O. The zero-order chi connectivity index (χ0) is 12.3. The summed E-state index contributed by atoms with van der Waals surface area (Å²) < 4.78 is 5.71. The summed E-state index contributed by atoms with van der Waals surface area (Å²) in [5.41, 5.74) is 2.08. The Bertz CT molecular complexity index is 374. The lowest BCUT2D eigenvalue weighted by molar-refractivity contribution is 0.0276. The van der Waals surface area contributed by atoms with Crippen LogP contribution in [0.4, 0.5) is 0 Å². The molecule has 2 N–H and O–H groups in total. The van der Waals surface area contributed by atoms with Crippen LogP contribution in [-0.2, 0) is 11.3 Å². The van der Waals surface area contributed by atoms with Gasteiger partial charge in [-0.25, -0.2) is 0 Å². The highest BCUT2D eigenvalue weighted by Gasteiger charge is 2.16. The summed E-state index contributed by atoms with van der Waals surface area (Å²) in [6, 6.07) is 5.73. The van der Waals surface area contributed by atoms with Crippen molar-refractivity contribution in [3.63, 3.8) is 0 Å². The zero-order valence-corrected chi connectivity index (χ0v) is 10.4. The molecule has 0 spiro atoms. The zero-order valence-electron chi connectivity index (χ0n) is 10.4. The van der Waals surface area contributed by atoms with E-state index in [9.17, 15) is 5.11 Å². The fourth-order valence-electron chi connectivity index (χ4n) is 2.05. The molecule has 1 aliphatic rings. The third-order valence-corrected chi connectivity index (χ3v) is 2.89. The number of hydrogen-bond donors (Lipinski definition) is 2. The monoisotopic (exact) mass is 236 g/mol. The Morgan fingerprint density at radius 3 is 2.94 bits per heavy atom. The van der Waals surface area contributed by atoms with Gasteiger partial charge in [0.05, 0.1) is 12.7 Å². The summed E-state index contributed by atoms with van der Waals surface area (Å²) in [4.78, 5) is 2.04. The van der Waals surface area contributed by atoms with E-state index < -0.39 is 0 Å². The van der Waals surface area contributed by atoms with Crippen molar-refractivity contribution in [3.05, 3.63) is 29.3 Å². The number of phenolic OH excluding ortho intramolecular Hbond substituents is 1. The number of morpholine rings is 1. The Morgan fingerprint density at radius 1 is 1.47 bits per heavy atom. The van der Waals surface area contributed by atoms with E-state index in [-0.39, 0.29) is 6.10 Å². The Kier molecular flexibility index (Phi) is 3.99. The van der Waals surface area contributed by atoms with Crippen LogP contribution in [-0.4, -0.2) is 43.8 Å². The van der Waals surface area contributed by atoms with Crippen LogP contribution in [0.1, 0.15) is 17.2 Å². The molecule has 0 aromatic heterocycles. The second-order valence-electron chi connectivity index (χ2n) is 4.69. The van der Waals surface area contributed by atoms with Gasteiger partial charge in [-0.3, -0.25) is 0 Å². The van der Waals surface area contributed by atoms with E-state index in [4.69, 9.17) is 4.74 Å². The van der Waals surface area contributed by atoms with Gasteiger partial charge in [-0.05, 0) is 31.8 Å². The summed E-state index contributed by atoms with van der Waals surface area (Å²) in [7, 11) is 3.98. The molecule has 1 heterocycles. The average Bonchev–Trinajstić information content (AvgIpc) is 2.32. The topological polar surface area (TPSA) is 44.7 Å². The molecular weight excluding hydrogens is 216 g/mol. The van der Waals surface area contributed by atoms with Crippen LogP contribution < -0.4 is 5.32 Å². The lowest BCUT2D eigenvalue weighted by atomic mass is 10.0. The van der Waals surface area contributed by atoms with Gasteiger partial charge in [0.15, 0.2) is 0 Å². The summed E-state index contributed by atoms with van der Waals surface area (Å²) in [6.45, 7) is 3.24. The maximum Gasteiger partial charge on any atom is 0.120 e. The molecule has 17 heavy (non-hydrogen) atoms. The normalized spacial score (nSPS) is 20.8. The smallest absolute Gasteiger partial charge is 0.120 e. The fourth-order valence-corrected chi connectivity index (χ4v) is 2.05. The molecule has 0 bridgehead atoms. The molecule has 1 aliphatic heterocycles. The van der Waals surface area contributed by atoms with Gasteiger partial charge >= 0.3 is 0 Å². The number of hydrogen-bond acceptors (Lipinski definition) is 4. The van der Waals surface area contributed by atoms with Crippen LogP contribution in [0, 0.1) is 0 Å². The van der Waals surface area contributed by atoms with Gasteiger partial charge in [0, 0.05) is 25.2 Å². The number of benzene rings is 1. The van der Waals surface area contributed by atoms with Gasteiger partial charge in [0.2, 0.25) is 0 Å². The minimum atomic E-state index is 0.102. The lowest BCUT2D eigenvalue weighted by Crippen LogP contribution is -2.33. The summed E-state index contributed by atoms with van der Waals surface area (Å²) in [5, 5.41) is 13.1. The van der Waals surface area contributed by atoms with Crippen LogP contribution in [0.15, 0.2) is 18.2 Å². The molecule has 2 rings (SSSR count). The Labute approximate surface area is 102 Å². The standard InChI is InChI=1S/C13H20N2O2/c1-15(2)9-11-7-10(3-4-12(11)16)13-8-14-5-6-17-13/h3-4,7,13-14,16H,5-6,8-9H2,1-2H3. The van der Waals surface area contributed by atoms with Crippen LogP contribution in [0.3, 0.4) is 0 Å². The highest BCUT2D eigenvalue weighted by Crippen LogP contribution is 2.25. The quantitative estimate of drug-likeness (QED) is 0.825. The van der Waals surface area contributed by atoms with Crippen molar-refractivity contribution < 1.29 is 9.84 Å². The number of rotatable bonds is 3. The molecule has 1 fully saturated rings. The Hall–Kier alpha value is -1.10. The predicted octanol–water partition coefficient (Wildman–Crippen LogP) is 1.11. The minimum Gasteiger partial charge on any atom is -0.508 e. The molecule has 1 unspecified atom stereocenters. The largest absolute Gasteiger partial charge is 0.508 e. The molecule has 0 radical (unpaired) electrons. The van der Waals surface area contributed by atoms with Crippen molar-refractivity contribution >= 4 is 0 Å². The van der Waals surface area contributed by atoms with Gasteiger partial charge in [-0.1, -0.05) is 6.07 Å². The van der Waals surface area contributed by atoms with Crippen molar-refractivity contribution in [1.82, 2.24) is 10.2 Å². The number of phenols is 1. The van der Waals surface area contributed by atoms with Gasteiger partial charge in [-0.2, -0.15) is 0 Å². The van der Waals surface area contributed by atoms with Crippen LogP contribution in [0.5, 0.6) is 5.75 Å². The average molecular weight is 236 g/mol. The minimum absolute atomic E-state index is 0.102. The summed E-state index contributed by atoms with van der Waals surface area (Å²) in [5.74, 6) is 0.353. The predicted molar refractivity (Wildman–Crippen MR) is 67.1 cm³/mol. The Balaban J connectivity index is 2.17. The van der Waals surface area contributed by atoms with E-state index in [0.717, 1.165) is 37.4 Å². The van der Waals surface area contributed by atoms with Crippen LogP contribution >= 0.6 is 0 Å². The van der Waals surface area contributed by atoms with Crippen molar-refractivity contribution in [2.75, 3.05) is 33.8 Å². The van der Waals surface area contributed by atoms with Crippen molar-refractivity contribution in [2.24, 2.45) is 0 Å². The number of nitrogens with one attached hydrogen (secondary N) is 1. The molecule has 0 aliphatic carbocycles. The van der Waals surface area contributed by atoms with E-state index in [2.05, 4.69) is 5.32 Å². The summed E-state index contributed by atoms with van der Waals surface area (Å²) in [6.07, 6.45) is 0.102. The lowest BCUT2D eigenvalue weighted by Gasteiger charge is -2.24. The maximum absolute atomic E-state index is 9.80. The van der Waals surface area contributed by atoms with Crippen molar-refractivity contribution in [3.8, 4) is 5.75 Å². The van der Waals surface area contributed by atoms with Gasteiger partial charge in [-0.15, -0.1) is 0 Å². The first-order chi connectivity index (χ1) is 8.16. The highest BCUT2D eigenvalue weighted by atomic mass is 16.5. The van der Waals surface area contributed by atoms with Crippen molar-refractivity contribution in [1.29, 1.82) is 0 Å². The fraction of sp³-hybridized carbons (Fsp3) is 0.538. The number of nitrogens with zero attached hydrogens (tertiary/aromatic N) is 1. The molecule has 1 atom stereocenters. The van der Waals surface area contributed by atoms with E-state index in [1.165, 1.54) is 0 Å². The highest BCUT2D eigenvalue weighted by molar-refractivity contribution is 5.37. The molecular formula is C13H20N2O2. The van der Waals surface area contributed by atoms with Gasteiger partial charge in [0.1, 0.15) is 5.75 Å². The molecule has 4 heteroatoms. The first kappa shape index (κ1) is 12.4. The van der Waals surface area contributed by atoms with E-state index in [0.29, 0.717) is 5.75 Å². The molecule has 1 aromatic rings. The van der Waals surface area contributed by atoms with Gasteiger partial charge < -0.3 is 20.1 Å². The number of aromatic hydroxyl groups is 1. The molecule has 1 aromatic carbocycles. The maximum atomic E-state index is 9.80. The van der Waals surface area contributed by atoms with Crippen molar-refractivity contribution in [2.45, 2.75) is 12.6 Å². The molecule has 0 amide bonds. The third kappa shape index (κ3) is 3.19. The summed E-state index contributed by atoms with van der Waals surface area (Å²) >= 11 is 0. The third-order valence-electron chi connectivity index (χ3n) is 2.89. The van der Waals surface area contributed by atoms with E-state index >= 15 is 0 Å². The molecule has 4 nitrogen and oxygen atoms in total. The van der Waals surface area contributed by atoms with E-state index in [1.54, 1.807) is 6.07 Å². The Morgan fingerprint density at radius 2 is 2.29 bits per heavy atom. The second kappa shape index (κ2) is 5.49.